The average Bonchev–Trinajstić information content (AvgIpc) is 3.46. The molecule has 0 atom stereocenters. The Kier molecular flexibility index (Phi) is 5.63. The smallest absolute Gasteiger partial charge is 0.257 e. The number of rotatable bonds is 5. The first kappa shape index (κ1) is 19.9. The van der Waals surface area contributed by atoms with Crippen LogP contribution in [0.4, 0.5) is 0 Å². The Morgan fingerprint density at radius 3 is 2.62 bits per heavy atom. The highest BCUT2D eigenvalue weighted by Gasteiger charge is 2.36. The van der Waals surface area contributed by atoms with Crippen LogP contribution in [0.5, 0.6) is 0 Å². The summed E-state index contributed by atoms with van der Waals surface area (Å²) in [5.41, 5.74) is 8.95. The molecule has 2 N–H and O–H groups in total. The van der Waals surface area contributed by atoms with E-state index >= 15 is 0 Å². The lowest BCUT2D eigenvalue weighted by Gasteiger charge is -2.17. The maximum absolute atomic E-state index is 6.42. The van der Waals surface area contributed by atoms with E-state index < -0.39 is 5.54 Å². The molecule has 8 heteroatoms. The van der Waals surface area contributed by atoms with Gasteiger partial charge in [0.15, 0.2) is 5.82 Å². The molecule has 3 aromatic heterocycles. The second-order valence-electron chi connectivity index (χ2n) is 7.30. The second kappa shape index (κ2) is 8.18. The van der Waals surface area contributed by atoms with Crippen molar-refractivity contribution in [2.24, 2.45) is 5.73 Å². The van der Waals surface area contributed by atoms with Crippen LogP contribution in [0.15, 0.2) is 64.3 Å². The van der Waals surface area contributed by atoms with Gasteiger partial charge in [-0.2, -0.15) is 4.98 Å². The Hall–Kier alpha value is -2.35. The van der Waals surface area contributed by atoms with Gasteiger partial charge in [-0.3, -0.25) is 0 Å². The molecule has 3 heterocycles. The number of imidazole rings is 1. The van der Waals surface area contributed by atoms with Gasteiger partial charge >= 0.3 is 0 Å². The van der Waals surface area contributed by atoms with Crippen molar-refractivity contribution in [2.45, 2.75) is 41.9 Å². The van der Waals surface area contributed by atoms with E-state index in [-0.39, 0.29) is 12.4 Å². The van der Waals surface area contributed by atoms with Crippen LogP contribution in [0.3, 0.4) is 0 Å². The largest absolute Gasteiger partial charge is 0.334 e. The molecule has 150 valence electrons. The molecule has 1 aliphatic rings. The van der Waals surface area contributed by atoms with Gasteiger partial charge in [0, 0.05) is 28.6 Å². The maximum atomic E-state index is 6.42. The third-order valence-corrected chi connectivity index (χ3v) is 6.31. The lowest BCUT2D eigenvalue weighted by Crippen LogP contribution is -2.34. The fraction of sp³-hybridized carbons (Fsp3) is 0.286. The molecule has 1 fully saturated rings. The number of halogens is 1. The first-order chi connectivity index (χ1) is 13.7. The Bertz CT molecular complexity index is 1070. The monoisotopic (exact) mass is 427 g/mol. The van der Waals surface area contributed by atoms with E-state index in [4.69, 9.17) is 10.3 Å². The first-order valence-corrected chi connectivity index (χ1v) is 10.5. The highest BCUT2D eigenvalue weighted by Crippen LogP contribution is 2.35. The maximum Gasteiger partial charge on any atom is 0.257 e. The minimum Gasteiger partial charge on any atom is -0.334 e. The van der Waals surface area contributed by atoms with Crippen LogP contribution >= 0.6 is 24.2 Å². The second-order valence-corrected chi connectivity index (χ2v) is 8.35. The van der Waals surface area contributed by atoms with Crippen molar-refractivity contribution in [3.63, 3.8) is 0 Å². The van der Waals surface area contributed by atoms with Gasteiger partial charge < -0.3 is 14.7 Å². The van der Waals surface area contributed by atoms with Gasteiger partial charge in [-0.15, -0.1) is 24.2 Å². The summed E-state index contributed by atoms with van der Waals surface area (Å²) < 4.78 is 7.51. The van der Waals surface area contributed by atoms with Gasteiger partial charge in [0.2, 0.25) is 0 Å². The first-order valence-electron chi connectivity index (χ1n) is 9.49. The molecule has 0 amide bonds. The van der Waals surface area contributed by atoms with E-state index in [0.29, 0.717) is 11.7 Å². The number of hydrogen-bond acceptors (Lipinski definition) is 6. The van der Waals surface area contributed by atoms with Crippen molar-refractivity contribution in [1.29, 1.82) is 0 Å². The lowest BCUT2D eigenvalue weighted by molar-refractivity contribution is 0.372. The summed E-state index contributed by atoms with van der Waals surface area (Å²) in [5.74, 6) is 1.98. The zero-order valence-electron chi connectivity index (χ0n) is 15.8. The van der Waals surface area contributed by atoms with E-state index in [2.05, 4.69) is 33.5 Å². The molecule has 0 aliphatic heterocycles. The van der Waals surface area contributed by atoms with E-state index in [9.17, 15) is 0 Å². The minimum atomic E-state index is -0.425. The SMILES string of the molecule is Cl.NC1(c2noc(-c3ccc(SCc4cn5ccccc5n4)cc3)n2)CCCC1. The fourth-order valence-corrected chi connectivity index (χ4v) is 4.46. The number of nitrogens with zero attached hydrogens (tertiary/aromatic N) is 4. The molecule has 0 unspecified atom stereocenters. The number of nitrogens with two attached hydrogens (primary N) is 1. The summed E-state index contributed by atoms with van der Waals surface area (Å²) in [6.07, 6.45) is 8.18. The van der Waals surface area contributed by atoms with Crippen molar-refractivity contribution in [2.75, 3.05) is 0 Å². The Labute approximate surface area is 179 Å². The normalized spacial score (nSPS) is 15.5. The Morgan fingerprint density at radius 2 is 1.86 bits per heavy atom. The van der Waals surface area contributed by atoms with Crippen molar-refractivity contribution in [1.82, 2.24) is 19.5 Å². The number of aromatic nitrogens is 4. The molecule has 29 heavy (non-hydrogen) atoms. The van der Waals surface area contributed by atoms with Crippen LogP contribution in [0.1, 0.15) is 37.2 Å². The molecule has 0 spiro atoms. The van der Waals surface area contributed by atoms with Gasteiger partial charge in [0.05, 0.1) is 11.2 Å². The van der Waals surface area contributed by atoms with Crippen LogP contribution in [-0.2, 0) is 11.3 Å². The van der Waals surface area contributed by atoms with Gasteiger partial charge in [-0.25, -0.2) is 4.98 Å². The summed E-state index contributed by atoms with van der Waals surface area (Å²) in [6, 6.07) is 14.2. The molecule has 0 bridgehead atoms. The molecule has 1 aliphatic carbocycles. The summed E-state index contributed by atoms with van der Waals surface area (Å²) in [4.78, 5) is 10.4. The molecule has 0 saturated heterocycles. The summed E-state index contributed by atoms with van der Waals surface area (Å²) in [5, 5.41) is 4.14. The van der Waals surface area contributed by atoms with Crippen LogP contribution < -0.4 is 5.73 Å². The molecule has 6 nitrogen and oxygen atoms in total. The van der Waals surface area contributed by atoms with Crippen LogP contribution in [0.25, 0.3) is 17.1 Å². The summed E-state index contributed by atoms with van der Waals surface area (Å²) in [6.45, 7) is 0. The van der Waals surface area contributed by atoms with Gasteiger partial charge in [-0.05, 0) is 49.2 Å². The van der Waals surface area contributed by atoms with E-state index in [0.717, 1.165) is 48.3 Å². The Balaban J connectivity index is 0.00000205. The molecular formula is C21H22ClN5OS. The average molecular weight is 428 g/mol. The topological polar surface area (TPSA) is 82.2 Å². The number of benzene rings is 1. The standard InChI is InChI=1S/C21H21N5OS.ClH/c22-21(10-2-3-11-21)20-24-19(27-25-20)15-6-8-17(9-7-15)28-14-16-13-26-12-4-1-5-18(26)23-16;/h1,4-9,12-13H,2-3,10-11,14,22H2;1H. The summed E-state index contributed by atoms with van der Waals surface area (Å²) >= 11 is 1.76. The van der Waals surface area contributed by atoms with E-state index in [1.807, 2.05) is 40.9 Å². The molecule has 0 radical (unpaired) electrons. The van der Waals surface area contributed by atoms with Crippen molar-refractivity contribution < 1.29 is 4.52 Å². The van der Waals surface area contributed by atoms with Crippen LogP contribution in [-0.4, -0.2) is 19.5 Å². The predicted octanol–water partition coefficient (Wildman–Crippen LogP) is 4.83. The molecule has 5 rings (SSSR count). The number of fused-ring (bicyclic) bond motifs is 1. The van der Waals surface area contributed by atoms with Gasteiger partial charge in [-0.1, -0.05) is 24.1 Å². The summed E-state index contributed by atoms with van der Waals surface area (Å²) in [7, 11) is 0. The number of thioether (sulfide) groups is 1. The number of hydrogen-bond donors (Lipinski definition) is 1. The van der Waals surface area contributed by atoms with Gasteiger partial charge in [0.1, 0.15) is 5.65 Å². The van der Waals surface area contributed by atoms with Crippen molar-refractivity contribution in [3.8, 4) is 11.5 Å². The predicted molar refractivity (Wildman–Crippen MR) is 116 cm³/mol. The third kappa shape index (κ3) is 4.03. The highest BCUT2D eigenvalue weighted by atomic mass is 35.5. The lowest BCUT2D eigenvalue weighted by atomic mass is 9.99. The van der Waals surface area contributed by atoms with E-state index in [1.165, 1.54) is 4.90 Å². The fourth-order valence-electron chi connectivity index (χ4n) is 3.68. The van der Waals surface area contributed by atoms with E-state index in [1.54, 1.807) is 11.8 Å². The zero-order chi connectivity index (χ0) is 19.0. The van der Waals surface area contributed by atoms with Gasteiger partial charge in [0.25, 0.3) is 5.89 Å². The zero-order valence-corrected chi connectivity index (χ0v) is 17.5. The highest BCUT2D eigenvalue weighted by molar-refractivity contribution is 7.98. The molecule has 1 saturated carbocycles. The quantitative estimate of drug-likeness (QED) is 0.459. The van der Waals surface area contributed by atoms with Crippen molar-refractivity contribution >= 4 is 29.8 Å². The van der Waals surface area contributed by atoms with Crippen LogP contribution in [0.2, 0.25) is 0 Å². The number of pyridine rings is 1. The van der Waals surface area contributed by atoms with Crippen molar-refractivity contribution in [3.05, 3.63) is 66.4 Å². The molecular weight excluding hydrogens is 406 g/mol. The third-order valence-electron chi connectivity index (χ3n) is 5.27. The molecule has 4 aromatic rings. The molecule has 1 aromatic carbocycles. The minimum absolute atomic E-state index is 0. The Morgan fingerprint density at radius 1 is 1.07 bits per heavy atom. The van der Waals surface area contributed by atoms with Crippen LogP contribution in [0, 0.1) is 0 Å².